The summed E-state index contributed by atoms with van der Waals surface area (Å²) in [5.74, 6) is -1.16. The second kappa shape index (κ2) is 7.81. The second-order valence-corrected chi connectivity index (χ2v) is 7.22. The minimum Gasteiger partial charge on any atom is -0.480 e. The van der Waals surface area contributed by atoms with Gasteiger partial charge in [0.1, 0.15) is 6.10 Å². The summed E-state index contributed by atoms with van der Waals surface area (Å²) in [6.45, 7) is 13.3. The summed E-state index contributed by atoms with van der Waals surface area (Å²) in [7, 11) is 0. The van der Waals surface area contributed by atoms with Crippen LogP contribution in [0.2, 0.25) is 0 Å². The van der Waals surface area contributed by atoms with Crippen LogP contribution >= 0.6 is 0 Å². The number of carboxylic acid groups (broad SMARTS) is 1. The Kier molecular flexibility index (Phi) is 7.41. The van der Waals surface area contributed by atoms with Crippen LogP contribution in [0.1, 0.15) is 74.1 Å². The normalized spacial score (nSPS) is 16.4. The van der Waals surface area contributed by atoms with Gasteiger partial charge in [0.2, 0.25) is 0 Å². The van der Waals surface area contributed by atoms with Crippen LogP contribution in [0, 0.1) is 16.7 Å². The summed E-state index contributed by atoms with van der Waals surface area (Å²) in [6.07, 6.45) is 2.48. The third-order valence-electron chi connectivity index (χ3n) is 4.32. The van der Waals surface area contributed by atoms with Gasteiger partial charge in [0, 0.05) is 0 Å². The second-order valence-electron chi connectivity index (χ2n) is 7.22. The van der Waals surface area contributed by atoms with Gasteiger partial charge < -0.3 is 9.84 Å². The first kappa shape index (κ1) is 19.9. The minimum atomic E-state index is -1.49. The van der Waals surface area contributed by atoms with Crippen LogP contribution in [0.15, 0.2) is 0 Å². The summed E-state index contributed by atoms with van der Waals surface area (Å²) in [5, 5.41) is 9.63. The molecule has 0 amide bonds. The van der Waals surface area contributed by atoms with Gasteiger partial charge in [-0.3, -0.25) is 9.59 Å². The molecule has 21 heavy (non-hydrogen) atoms. The van der Waals surface area contributed by atoms with Crippen molar-refractivity contribution in [3.05, 3.63) is 0 Å². The molecule has 4 nitrogen and oxygen atoms in total. The Bertz CT molecular complexity index is 354. The van der Waals surface area contributed by atoms with E-state index in [4.69, 9.17) is 4.74 Å². The quantitative estimate of drug-likeness (QED) is 0.537. The van der Waals surface area contributed by atoms with Gasteiger partial charge in [-0.05, 0) is 37.0 Å². The van der Waals surface area contributed by atoms with E-state index < -0.39 is 22.8 Å². The van der Waals surface area contributed by atoms with E-state index in [1.807, 2.05) is 6.92 Å². The lowest BCUT2D eigenvalue weighted by molar-refractivity contribution is -0.182. The number of carbonyl (C=O) groups is 2. The highest BCUT2D eigenvalue weighted by atomic mass is 16.5. The fraction of sp³-hybridized carbons (Fsp3) is 0.882. The van der Waals surface area contributed by atoms with Crippen LogP contribution < -0.4 is 0 Å². The molecule has 0 fully saturated rings. The molecule has 0 saturated heterocycles. The number of rotatable bonds is 8. The maximum atomic E-state index is 12.6. The first-order valence-corrected chi connectivity index (χ1v) is 7.97. The van der Waals surface area contributed by atoms with Crippen molar-refractivity contribution >= 4 is 11.9 Å². The Labute approximate surface area is 129 Å². The van der Waals surface area contributed by atoms with Crippen molar-refractivity contribution in [2.45, 2.75) is 80.3 Å². The number of hydrogen-bond acceptors (Lipinski definition) is 3. The zero-order valence-electron chi connectivity index (χ0n) is 14.7. The number of carbonyl (C=O) groups excluding carboxylic acids is 1. The Balaban J connectivity index is 5.19. The average molecular weight is 300 g/mol. The topological polar surface area (TPSA) is 63.6 Å². The molecule has 0 bridgehead atoms. The SMILES string of the molecule is CCC(CCC(C)C)OC(=O)C(CC)(C(=O)O)C(C)(C)C. The maximum Gasteiger partial charge on any atom is 0.324 e. The first-order valence-electron chi connectivity index (χ1n) is 7.97. The van der Waals surface area contributed by atoms with Crippen LogP contribution in [0.3, 0.4) is 0 Å². The van der Waals surface area contributed by atoms with Gasteiger partial charge >= 0.3 is 11.9 Å². The maximum absolute atomic E-state index is 12.6. The molecule has 2 unspecified atom stereocenters. The van der Waals surface area contributed by atoms with Gasteiger partial charge in [-0.1, -0.05) is 48.5 Å². The zero-order valence-corrected chi connectivity index (χ0v) is 14.7. The van der Waals surface area contributed by atoms with Crippen LogP contribution in [0.25, 0.3) is 0 Å². The monoisotopic (exact) mass is 300 g/mol. The third kappa shape index (κ3) is 4.72. The van der Waals surface area contributed by atoms with Gasteiger partial charge in [0.05, 0.1) is 0 Å². The fourth-order valence-corrected chi connectivity index (χ4v) is 2.66. The lowest BCUT2D eigenvalue weighted by Crippen LogP contribution is -2.50. The summed E-state index contributed by atoms with van der Waals surface area (Å²) in [6, 6.07) is 0. The van der Waals surface area contributed by atoms with E-state index in [2.05, 4.69) is 13.8 Å². The molecule has 0 radical (unpaired) electrons. The van der Waals surface area contributed by atoms with Crippen LogP contribution in [0.4, 0.5) is 0 Å². The van der Waals surface area contributed by atoms with Crippen molar-refractivity contribution in [3.63, 3.8) is 0 Å². The fourth-order valence-electron chi connectivity index (χ4n) is 2.66. The van der Waals surface area contributed by atoms with Crippen molar-refractivity contribution in [1.29, 1.82) is 0 Å². The molecule has 0 aromatic rings. The number of aliphatic carboxylic acids is 1. The Morgan fingerprint density at radius 3 is 1.90 bits per heavy atom. The molecule has 0 aromatic heterocycles. The van der Waals surface area contributed by atoms with Crippen LogP contribution in [-0.4, -0.2) is 23.1 Å². The van der Waals surface area contributed by atoms with Crippen molar-refractivity contribution < 1.29 is 19.4 Å². The van der Waals surface area contributed by atoms with Gasteiger partial charge in [0.15, 0.2) is 5.41 Å². The van der Waals surface area contributed by atoms with Crippen molar-refractivity contribution in [2.24, 2.45) is 16.7 Å². The molecule has 0 aliphatic rings. The predicted molar refractivity (Wildman–Crippen MR) is 84.1 cm³/mol. The van der Waals surface area contributed by atoms with E-state index in [0.717, 1.165) is 12.8 Å². The Morgan fingerprint density at radius 2 is 1.62 bits per heavy atom. The van der Waals surface area contributed by atoms with Crippen molar-refractivity contribution in [1.82, 2.24) is 0 Å². The molecular weight excluding hydrogens is 268 g/mol. The molecule has 0 rings (SSSR count). The number of ether oxygens (including phenoxy) is 1. The summed E-state index contributed by atoms with van der Waals surface area (Å²) < 4.78 is 5.57. The molecule has 4 heteroatoms. The minimum absolute atomic E-state index is 0.201. The summed E-state index contributed by atoms with van der Waals surface area (Å²) in [5.41, 5.74) is -2.18. The molecule has 0 saturated carbocycles. The largest absolute Gasteiger partial charge is 0.480 e. The Morgan fingerprint density at radius 1 is 1.10 bits per heavy atom. The lowest BCUT2D eigenvalue weighted by Gasteiger charge is -2.39. The van der Waals surface area contributed by atoms with Crippen LogP contribution in [0.5, 0.6) is 0 Å². The molecule has 0 aliphatic carbocycles. The highest BCUT2D eigenvalue weighted by molar-refractivity contribution is 6.00. The number of carboxylic acids is 1. The lowest BCUT2D eigenvalue weighted by atomic mass is 9.65. The summed E-state index contributed by atoms with van der Waals surface area (Å²) >= 11 is 0. The standard InChI is InChI=1S/C17H32O4/c1-8-13(11-10-12(3)4)21-15(20)17(9-2,14(18)19)16(5,6)7/h12-13H,8-11H2,1-7H3,(H,18,19). The van der Waals surface area contributed by atoms with Crippen molar-refractivity contribution in [2.75, 3.05) is 0 Å². The zero-order chi connectivity index (χ0) is 16.8. The average Bonchev–Trinajstić information content (AvgIpc) is 2.33. The molecule has 2 atom stereocenters. The predicted octanol–water partition coefficient (Wildman–Crippen LogP) is 4.27. The molecule has 1 N–H and O–H groups in total. The molecular formula is C17H32O4. The molecule has 124 valence electrons. The smallest absolute Gasteiger partial charge is 0.324 e. The molecule has 0 heterocycles. The highest BCUT2D eigenvalue weighted by Crippen LogP contribution is 2.43. The van der Waals surface area contributed by atoms with Crippen LogP contribution in [-0.2, 0) is 14.3 Å². The summed E-state index contributed by atoms with van der Waals surface area (Å²) in [4.78, 5) is 24.4. The highest BCUT2D eigenvalue weighted by Gasteiger charge is 2.55. The van der Waals surface area contributed by atoms with Gasteiger partial charge in [0.25, 0.3) is 0 Å². The third-order valence-corrected chi connectivity index (χ3v) is 4.32. The Hall–Kier alpha value is -1.06. The van der Waals surface area contributed by atoms with Gasteiger partial charge in [-0.25, -0.2) is 0 Å². The van der Waals surface area contributed by atoms with Crippen molar-refractivity contribution in [3.8, 4) is 0 Å². The van der Waals surface area contributed by atoms with E-state index in [0.29, 0.717) is 12.3 Å². The number of esters is 1. The van der Waals surface area contributed by atoms with E-state index >= 15 is 0 Å². The number of hydrogen-bond donors (Lipinski definition) is 1. The van der Waals surface area contributed by atoms with E-state index in [1.54, 1.807) is 27.7 Å². The van der Waals surface area contributed by atoms with Gasteiger partial charge in [-0.2, -0.15) is 0 Å². The molecule has 0 spiro atoms. The van der Waals surface area contributed by atoms with E-state index in [-0.39, 0.29) is 12.5 Å². The van der Waals surface area contributed by atoms with E-state index in [9.17, 15) is 14.7 Å². The molecule has 0 aliphatic heterocycles. The van der Waals surface area contributed by atoms with E-state index in [1.165, 1.54) is 0 Å². The van der Waals surface area contributed by atoms with Gasteiger partial charge in [-0.15, -0.1) is 0 Å². The molecule has 0 aromatic carbocycles. The first-order chi connectivity index (χ1) is 9.52.